The molecule has 0 bridgehead atoms. The smallest absolute Gasteiger partial charge is 0.262 e. The molecule has 4 rings (SSSR count). The lowest BCUT2D eigenvalue weighted by Gasteiger charge is -2.27. The Morgan fingerprint density at radius 1 is 0.594 bits per heavy atom. The molecule has 0 spiro atoms. The Morgan fingerprint density at radius 3 is 1.62 bits per heavy atom. The van der Waals surface area contributed by atoms with Crippen molar-refractivity contribution < 1.29 is 9.59 Å². The van der Waals surface area contributed by atoms with Gasteiger partial charge in [0.1, 0.15) is 0 Å². The Kier molecular flexibility index (Phi) is 6.38. The molecule has 0 heterocycles. The maximum absolute atomic E-state index is 13.8. The van der Waals surface area contributed by atoms with Crippen LogP contribution in [0.5, 0.6) is 0 Å². The van der Waals surface area contributed by atoms with Crippen molar-refractivity contribution in [3.63, 3.8) is 0 Å². The molecule has 0 unspecified atom stereocenters. The van der Waals surface area contributed by atoms with Crippen LogP contribution in [0, 0.1) is 6.92 Å². The summed E-state index contributed by atoms with van der Waals surface area (Å²) in [5.41, 5.74) is 4.09. The third kappa shape index (κ3) is 4.57. The summed E-state index contributed by atoms with van der Waals surface area (Å²) in [5.74, 6) is -0.361. The van der Waals surface area contributed by atoms with Gasteiger partial charge < -0.3 is 0 Å². The fraction of sp³-hybridized carbons (Fsp3) is 0.0345. The molecule has 3 heteroatoms. The zero-order chi connectivity index (χ0) is 22.3. The van der Waals surface area contributed by atoms with E-state index in [0.717, 1.165) is 16.8 Å². The first-order valence-electron chi connectivity index (χ1n) is 10.5. The minimum Gasteiger partial charge on any atom is -0.289 e. The minimum absolute atomic E-state index is 0.163. The second kappa shape index (κ2) is 9.71. The minimum atomic E-state index is -0.198. The molecular weight excluding hydrogens is 394 g/mol. The van der Waals surface area contributed by atoms with Gasteiger partial charge in [-0.1, -0.05) is 97.1 Å². The van der Waals surface area contributed by atoms with Crippen LogP contribution >= 0.6 is 0 Å². The fourth-order valence-corrected chi connectivity index (χ4v) is 3.57. The van der Waals surface area contributed by atoms with E-state index in [9.17, 15) is 9.59 Å². The van der Waals surface area contributed by atoms with E-state index in [2.05, 4.69) is 0 Å². The molecule has 0 atom stereocenters. The zero-order valence-corrected chi connectivity index (χ0v) is 17.8. The summed E-state index contributed by atoms with van der Waals surface area (Å²) in [6.07, 6.45) is 1.55. The highest BCUT2D eigenvalue weighted by atomic mass is 16.2. The van der Waals surface area contributed by atoms with Gasteiger partial charge in [-0.3, -0.25) is 14.5 Å². The van der Waals surface area contributed by atoms with Crippen molar-refractivity contribution in [3.8, 4) is 0 Å². The molecule has 0 N–H and O–H groups in total. The topological polar surface area (TPSA) is 37.4 Å². The predicted molar refractivity (Wildman–Crippen MR) is 130 cm³/mol. The van der Waals surface area contributed by atoms with Crippen LogP contribution in [0.1, 0.15) is 31.8 Å². The van der Waals surface area contributed by atoms with Gasteiger partial charge in [0.15, 0.2) is 5.78 Å². The monoisotopic (exact) mass is 417 g/mol. The summed E-state index contributed by atoms with van der Waals surface area (Å²) >= 11 is 0. The highest BCUT2D eigenvalue weighted by molar-refractivity contribution is 6.19. The van der Waals surface area contributed by atoms with Crippen molar-refractivity contribution in [2.24, 2.45) is 0 Å². The quantitative estimate of drug-likeness (QED) is 0.263. The van der Waals surface area contributed by atoms with Gasteiger partial charge in [0, 0.05) is 17.2 Å². The van der Waals surface area contributed by atoms with Crippen molar-refractivity contribution in [3.05, 3.63) is 144 Å². The Hall–Kier alpha value is -4.24. The van der Waals surface area contributed by atoms with Gasteiger partial charge in [-0.05, 0) is 36.2 Å². The molecule has 0 aliphatic heterocycles. The van der Waals surface area contributed by atoms with Crippen molar-refractivity contribution in [2.45, 2.75) is 6.92 Å². The molecule has 156 valence electrons. The number of rotatable bonds is 6. The largest absolute Gasteiger partial charge is 0.289 e. The number of anilines is 1. The van der Waals surface area contributed by atoms with E-state index in [1.54, 1.807) is 35.2 Å². The third-order valence-corrected chi connectivity index (χ3v) is 5.22. The van der Waals surface area contributed by atoms with E-state index in [-0.39, 0.29) is 11.7 Å². The number of hydrogen-bond donors (Lipinski definition) is 0. The molecule has 0 aromatic heterocycles. The van der Waals surface area contributed by atoms with Gasteiger partial charge in [-0.25, -0.2) is 0 Å². The lowest BCUT2D eigenvalue weighted by atomic mass is 10.0. The first-order valence-corrected chi connectivity index (χ1v) is 10.5. The highest BCUT2D eigenvalue weighted by Crippen LogP contribution is 2.31. The lowest BCUT2D eigenvalue weighted by molar-refractivity contribution is 0.1000. The molecule has 3 nitrogen and oxygen atoms in total. The number of carbonyl (C=O) groups is 2. The summed E-state index contributed by atoms with van der Waals surface area (Å²) in [4.78, 5) is 28.6. The Labute approximate surface area is 188 Å². The van der Waals surface area contributed by atoms with Crippen LogP contribution in [0.25, 0.3) is 5.70 Å². The molecule has 4 aromatic carbocycles. The number of allylic oxidation sites excluding steroid dienone is 1. The molecule has 32 heavy (non-hydrogen) atoms. The lowest BCUT2D eigenvalue weighted by Crippen LogP contribution is -2.30. The molecular formula is C29H23NO2. The van der Waals surface area contributed by atoms with Crippen molar-refractivity contribution in [2.75, 3.05) is 4.90 Å². The van der Waals surface area contributed by atoms with Crippen molar-refractivity contribution >= 4 is 23.1 Å². The highest BCUT2D eigenvalue weighted by Gasteiger charge is 2.25. The molecule has 0 saturated heterocycles. The standard InChI is InChI=1S/C29H23NO2/c1-22-13-11-12-20-26(22)30(29(32)25-18-9-4-10-19-25)27(23-14-5-2-6-15-23)21-28(31)24-16-7-3-8-17-24/h2-21H,1H3. The predicted octanol–water partition coefficient (Wildman–Crippen LogP) is 6.57. The summed E-state index contributed by atoms with van der Waals surface area (Å²) in [5, 5.41) is 0. The number of hydrogen-bond acceptors (Lipinski definition) is 2. The third-order valence-electron chi connectivity index (χ3n) is 5.22. The van der Waals surface area contributed by atoms with E-state index < -0.39 is 0 Å². The number of nitrogens with zero attached hydrogens (tertiary/aromatic N) is 1. The number of amides is 1. The summed E-state index contributed by atoms with van der Waals surface area (Å²) in [6, 6.07) is 35.4. The molecule has 0 saturated carbocycles. The second-order valence-corrected chi connectivity index (χ2v) is 7.42. The maximum atomic E-state index is 13.8. The first kappa shape index (κ1) is 21.0. The van der Waals surface area contributed by atoms with E-state index >= 15 is 0 Å². The number of carbonyl (C=O) groups excluding carboxylic acids is 2. The summed E-state index contributed by atoms with van der Waals surface area (Å²) < 4.78 is 0. The van der Waals surface area contributed by atoms with Crippen molar-refractivity contribution in [1.82, 2.24) is 0 Å². The van der Waals surface area contributed by atoms with Gasteiger partial charge in [0.05, 0.1) is 11.4 Å². The molecule has 1 amide bonds. The zero-order valence-electron chi connectivity index (χ0n) is 17.8. The van der Waals surface area contributed by atoms with E-state index in [0.29, 0.717) is 16.8 Å². The molecule has 0 aliphatic carbocycles. The average molecular weight is 418 g/mol. The van der Waals surface area contributed by atoms with E-state index in [1.807, 2.05) is 97.9 Å². The maximum Gasteiger partial charge on any atom is 0.262 e. The molecule has 0 radical (unpaired) electrons. The van der Waals surface area contributed by atoms with Gasteiger partial charge in [-0.15, -0.1) is 0 Å². The van der Waals surface area contributed by atoms with Gasteiger partial charge in [0.25, 0.3) is 5.91 Å². The Balaban J connectivity index is 1.93. The average Bonchev–Trinajstić information content (AvgIpc) is 2.86. The van der Waals surface area contributed by atoms with E-state index in [1.165, 1.54) is 0 Å². The van der Waals surface area contributed by atoms with Gasteiger partial charge in [-0.2, -0.15) is 0 Å². The fourth-order valence-electron chi connectivity index (χ4n) is 3.57. The normalized spacial score (nSPS) is 11.1. The second-order valence-electron chi connectivity index (χ2n) is 7.42. The SMILES string of the molecule is Cc1ccccc1N(C(=O)c1ccccc1)C(=CC(=O)c1ccccc1)c1ccccc1. The Morgan fingerprint density at radius 2 is 1.06 bits per heavy atom. The van der Waals surface area contributed by atoms with Crippen LogP contribution in [0.3, 0.4) is 0 Å². The molecule has 4 aromatic rings. The summed E-state index contributed by atoms with van der Waals surface area (Å²) in [6.45, 7) is 1.96. The number of aryl methyl sites for hydroxylation is 1. The molecule has 0 aliphatic rings. The van der Waals surface area contributed by atoms with Crippen LogP contribution in [0.15, 0.2) is 121 Å². The van der Waals surface area contributed by atoms with Crippen molar-refractivity contribution in [1.29, 1.82) is 0 Å². The van der Waals surface area contributed by atoms with Crippen LogP contribution < -0.4 is 4.90 Å². The number of benzene rings is 4. The number of para-hydroxylation sites is 1. The van der Waals surface area contributed by atoms with E-state index in [4.69, 9.17) is 0 Å². The van der Waals surface area contributed by atoms with Crippen LogP contribution in [-0.2, 0) is 0 Å². The summed E-state index contributed by atoms with van der Waals surface area (Å²) in [7, 11) is 0. The van der Waals surface area contributed by atoms with Gasteiger partial charge >= 0.3 is 0 Å². The number of ketones is 1. The van der Waals surface area contributed by atoms with Crippen LogP contribution in [0.4, 0.5) is 5.69 Å². The molecule has 0 fully saturated rings. The first-order chi connectivity index (χ1) is 15.6. The Bertz CT molecular complexity index is 1250. The van der Waals surface area contributed by atoms with Crippen LogP contribution in [-0.4, -0.2) is 11.7 Å². The van der Waals surface area contributed by atoms with Crippen LogP contribution in [0.2, 0.25) is 0 Å². The van der Waals surface area contributed by atoms with Gasteiger partial charge in [0.2, 0.25) is 0 Å².